The number of methoxy groups -OCH3 is 2. The van der Waals surface area contributed by atoms with Gasteiger partial charge in [-0.05, 0) is 102 Å². The van der Waals surface area contributed by atoms with Gasteiger partial charge in [0.2, 0.25) is 11.8 Å². The topological polar surface area (TPSA) is 262 Å². The SMILES string of the molecule is CNC(=O)CCC(=O)OC[C@@H]1C[C@H](OC(c2ccccc2)(c2ccc(OC)cc2)c2ccc(OC)cc2)CC1C(=O)COCCNC(=O)CO[C@@H]1OC(COC(=O)c2ccccc2)[C@H](OC(=O)c2ccccc2)[C@H](OC(=O)c2ccccc2)C1OC(=O)c1ccccc1. The van der Waals surface area contributed by atoms with Gasteiger partial charge >= 0.3 is 29.8 Å². The van der Waals surface area contributed by atoms with Crippen LogP contribution in [0.2, 0.25) is 0 Å². The lowest BCUT2D eigenvalue weighted by molar-refractivity contribution is -0.296. The second kappa shape index (κ2) is 33.3. The molecule has 3 unspecified atom stereocenters. The quantitative estimate of drug-likeness (QED) is 0.0185. The van der Waals surface area contributed by atoms with E-state index in [9.17, 15) is 38.4 Å². The van der Waals surface area contributed by atoms with Crippen LogP contribution < -0.4 is 20.1 Å². The molecule has 0 spiro atoms. The molecule has 2 aliphatic rings. The van der Waals surface area contributed by atoms with E-state index in [1.807, 2.05) is 78.9 Å². The molecule has 1 aliphatic carbocycles. The predicted molar refractivity (Wildman–Crippen MR) is 335 cm³/mol. The molecule has 1 saturated heterocycles. The molecule has 2 fully saturated rings. The highest BCUT2D eigenvalue weighted by molar-refractivity contribution is 5.92. The Hall–Kier alpha value is -10.1. The molecule has 8 atom stereocenters. The van der Waals surface area contributed by atoms with Crippen molar-refractivity contribution in [2.45, 2.75) is 68.1 Å². The number of ketones is 1. The number of ether oxygens (including phenoxy) is 11. The molecule has 0 bridgehead atoms. The van der Waals surface area contributed by atoms with Crippen LogP contribution in [-0.2, 0) is 67.4 Å². The lowest BCUT2D eigenvalue weighted by atomic mass is 9.79. The van der Waals surface area contributed by atoms with E-state index < -0.39 is 110 Å². The Kier molecular flexibility index (Phi) is 24.1. The second-order valence-corrected chi connectivity index (χ2v) is 21.8. The Bertz CT molecular complexity index is 3550. The van der Waals surface area contributed by atoms with Gasteiger partial charge in [-0.1, -0.05) is 127 Å². The van der Waals surface area contributed by atoms with Gasteiger partial charge in [-0.25, -0.2) is 19.2 Å². The molecular formula is C72H72N2O19. The number of amides is 2. The van der Waals surface area contributed by atoms with Crippen molar-refractivity contribution >= 4 is 47.4 Å². The van der Waals surface area contributed by atoms with E-state index in [0.717, 1.165) is 16.7 Å². The van der Waals surface area contributed by atoms with Crippen molar-refractivity contribution in [1.29, 1.82) is 0 Å². The van der Waals surface area contributed by atoms with Crippen LogP contribution in [0.3, 0.4) is 0 Å². The molecule has 7 aromatic rings. The van der Waals surface area contributed by atoms with E-state index in [2.05, 4.69) is 10.6 Å². The second-order valence-electron chi connectivity index (χ2n) is 21.8. The summed E-state index contributed by atoms with van der Waals surface area (Å²) in [5.74, 6) is -5.50. The summed E-state index contributed by atoms with van der Waals surface area (Å²) in [5.41, 5.74) is 1.54. The molecule has 21 nitrogen and oxygen atoms in total. The van der Waals surface area contributed by atoms with E-state index in [1.165, 1.54) is 55.6 Å². The number of carbonyl (C=O) groups excluding carboxylic acids is 8. The Morgan fingerprint density at radius 2 is 0.968 bits per heavy atom. The van der Waals surface area contributed by atoms with Gasteiger partial charge in [-0.2, -0.15) is 0 Å². The lowest BCUT2D eigenvalue weighted by Gasteiger charge is -2.44. The molecule has 9 rings (SSSR count). The molecule has 484 valence electrons. The molecule has 93 heavy (non-hydrogen) atoms. The normalized spacial score (nSPS) is 19.2. The number of esters is 5. The molecule has 1 heterocycles. The third-order valence-electron chi connectivity index (χ3n) is 15.8. The third kappa shape index (κ3) is 17.9. The Balaban J connectivity index is 0.911. The first kappa shape index (κ1) is 67.3. The summed E-state index contributed by atoms with van der Waals surface area (Å²) in [7, 11) is 4.64. The molecule has 1 saturated carbocycles. The van der Waals surface area contributed by atoms with E-state index in [4.69, 9.17) is 52.1 Å². The van der Waals surface area contributed by atoms with Gasteiger partial charge < -0.3 is 62.7 Å². The summed E-state index contributed by atoms with van der Waals surface area (Å²) in [6, 6.07) is 56.4. The van der Waals surface area contributed by atoms with Gasteiger partial charge in [0, 0.05) is 31.8 Å². The standard InChI is InChI=1S/C72H72N2O19/c1-73-61(76)37-38-63(78)86-43-51-41-57(93-72(52-27-17-8-18-28-52,53-29-33-55(83-2)34-30-53)54-31-35-56(84-3)36-32-54)42-58(51)59(75)44-85-40-39-74-62(77)46-88-71-66(92-70(82)50-25-15-7-16-26-50)65(91-69(81)49-23-13-6-14-24-49)64(90-68(80)48-21-11-5-12-22-48)60(89-71)45-87-67(79)47-19-9-4-10-20-47/h4-36,51,57-58,60,64-66,71H,37-46H2,1-3H3,(H,73,76)(H,74,77)/t51-,57-,58?,60?,64-,65-,66?,71+/m0/s1. The smallest absolute Gasteiger partial charge is 0.338 e. The average Bonchev–Trinajstić information content (AvgIpc) is 1.61. The average molecular weight is 1270 g/mol. The van der Waals surface area contributed by atoms with Crippen molar-refractivity contribution in [2.75, 3.05) is 60.8 Å². The van der Waals surface area contributed by atoms with E-state index in [1.54, 1.807) is 87.0 Å². The van der Waals surface area contributed by atoms with Gasteiger partial charge in [-0.3, -0.25) is 19.2 Å². The molecule has 0 radical (unpaired) electrons. The number of nitrogens with one attached hydrogen (secondary N) is 2. The summed E-state index contributed by atoms with van der Waals surface area (Å²) >= 11 is 0. The van der Waals surface area contributed by atoms with Gasteiger partial charge in [0.1, 0.15) is 43.0 Å². The number of rotatable bonds is 30. The third-order valence-corrected chi connectivity index (χ3v) is 15.8. The summed E-state index contributed by atoms with van der Waals surface area (Å²) in [5, 5.41) is 5.18. The summed E-state index contributed by atoms with van der Waals surface area (Å²) in [4.78, 5) is 109. The molecule has 21 heteroatoms. The molecule has 7 aromatic carbocycles. The maximum Gasteiger partial charge on any atom is 0.338 e. The first-order valence-electron chi connectivity index (χ1n) is 30.3. The molecule has 2 amide bonds. The first-order valence-corrected chi connectivity index (χ1v) is 30.3. The highest BCUT2D eigenvalue weighted by Gasteiger charge is 2.54. The first-order chi connectivity index (χ1) is 45.3. The molecule has 0 aromatic heterocycles. The van der Waals surface area contributed by atoms with Gasteiger partial charge in [0.05, 0.1) is 62.2 Å². The minimum Gasteiger partial charge on any atom is -0.497 e. The van der Waals surface area contributed by atoms with Crippen molar-refractivity contribution in [2.24, 2.45) is 11.8 Å². The van der Waals surface area contributed by atoms with Crippen LogP contribution >= 0.6 is 0 Å². The van der Waals surface area contributed by atoms with Gasteiger partial charge in [-0.15, -0.1) is 0 Å². The summed E-state index contributed by atoms with van der Waals surface area (Å²) in [6.45, 7) is -2.22. The Labute approximate surface area is 537 Å². The number of hydrogen-bond donors (Lipinski definition) is 2. The van der Waals surface area contributed by atoms with Crippen molar-refractivity contribution < 1.29 is 90.5 Å². The molecule has 2 N–H and O–H groups in total. The zero-order chi connectivity index (χ0) is 65.5. The molecular weight excluding hydrogens is 1200 g/mol. The van der Waals surface area contributed by atoms with Crippen molar-refractivity contribution in [3.63, 3.8) is 0 Å². The van der Waals surface area contributed by atoms with Crippen molar-refractivity contribution in [3.05, 3.63) is 239 Å². The predicted octanol–water partition coefficient (Wildman–Crippen LogP) is 8.45. The minimum atomic E-state index is -1.76. The summed E-state index contributed by atoms with van der Waals surface area (Å²) < 4.78 is 66.6. The van der Waals surface area contributed by atoms with E-state index >= 15 is 0 Å². The Morgan fingerprint density at radius 3 is 1.47 bits per heavy atom. The monoisotopic (exact) mass is 1270 g/mol. The summed E-state index contributed by atoms with van der Waals surface area (Å²) in [6.07, 6.45) is -8.71. The van der Waals surface area contributed by atoms with Crippen LogP contribution in [0, 0.1) is 11.8 Å². The van der Waals surface area contributed by atoms with Crippen LogP contribution in [0.5, 0.6) is 11.5 Å². The van der Waals surface area contributed by atoms with Gasteiger partial charge in [0.15, 0.2) is 30.4 Å². The maximum atomic E-state index is 14.5. The lowest BCUT2D eigenvalue weighted by Crippen LogP contribution is -2.63. The largest absolute Gasteiger partial charge is 0.497 e. The van der Waals surface area contributed by atoms with E-state index in [0.29, 0.717) is 17.9 Å². The van der Waals surface area contributed by atoms with Gasteiger partial charge in [0.25, 0.3) is 0 Å². The molecule has 1 aliphatic heterocycles. The fourth-order valence-corrected chi connectivity index (χ4v) is 11.1. The zero-order valence-electron chi connectivity index (χ0n) is 51.5. The maximum absolute atomic E-state index is 14.5. The van der Waals surface area contributed by atoms with Crippen LogP contribution in [0.15, 0.2) is 200 Å². The van der Waals surface area contributed by atoms with E-state index in [-0.39, 0.29) is 73.0 Å². The van der Waals surface area contributed by atoms with Crippen LogP contribution in [0.4, 0.5) is 0 Å². The van der Waals surface area contributed by atoms with Crippen LogP contribution in [-0.4, -0.2) is 145 Å². The highest BCUT2D eigenvalue weighted by atomic mass is 16.7. The number of Topliss-reactive ketones (excluding diaryl/α,β-unsaturated/α-hetero) is 1. The fourth-order valence-electron chi connectivity index (χ4n) is 11.1. The number of benzene rings is 7. The number of hydrogen-bond acceptors (Lipinski definition) is 19. The Morgan fingerprint density at radius 1 is 0.495 bits per heavy atom. The van der Waals surface area contributed by atoms with Crippen molar-refractivity contribution in [1.82, 2.24) is 10.6 Å². The number of carbonyl (C=O) groups is 8. The zero-order valence-corrected chi connectivity index (χ0v) is 51.5. The van der Waals surface area contributed by atoms with Crippen LogP contribution in [0.1, 0.15) is 83.8 Å². The fraction of sp³-hybridized carbons (Fsp3) is 0.306. The minimum absolute atomic E-state index is 0.0754. The van der Waals surface area contributed by atoms with Crippen molar-refractivity contribution in [3.8, 4) is 11.5 Å². The van der Waals surface area contributed by atoms with Crippen LogP contribution in [0.25, 0.3) is 0 Å². The highest BCUT2D eigenvalue weighted by Crippen LogP contribution is 2.47.